The molecule has 1 N–H and O–H groups in total. The van der Waals surface area contributed by atoms with E-state index < -0.39 is 18.0 Å². The Morgan fingerprint density at radius 1 is 1.35 bits per heavy atom. The van der Waals surface area contributed by atoms with Crippen molar-refractivity contribution in [2.45, 2.75) is 19.4 Å². The van der Waals surface area contributed by atoms with E-state index in [-0.39, 0.29) is 24.9 Å². The molecular weight excluding hydrogens is 300 g/mol. The first-order valence-electron chi connectivity index (χ1n) is 7.55. The van der Waals surface area contributed by atoms with Crippen molar-refractivity contribution in [1.82, 2.24) is 4.90 Å². The highest BCUT2D eigenvalue weighted by atomic mass is 16.5. The Kier molecular flexibility index (Phi) is 3.94. The van der Waals surface area contributed by atoms with E-state index in [1.807, 2.05) is 0 Å². The third-order valence-corrected chi connectivity index (χ3v) is 4.26. The first kappa shape index (κ1) is 15.3. The van der Waals surface area contributed by atoms with Crippen LogP contribution in [0.4, 0.5) is 5.69 Å². The zero-order chi connectivity index (χ0) is 16.6. The number of ether oxygens (including phenoxy) is 1. The highest BCUT2D eigenvalue weighted by Gasteiger charge is 2.36. The molecule has 1 fully saturated rings. The third-order valence-electron chi connectivity index (χ3n) is 4.26. The molecule has 0 spiro atoms. The van der Waals surface area contributed by atoms with Gasteiger partial charge in [0.15, 0.2) is 6.10 Å². The van der Waals surface area contributed by atoms with Crippen LogP contribution >= 0.6 is 0 Å². The molecule has 2 atom stereocenters. The summed E-state index contributed by atoms with van der Waals surface area (Å²) in [7, 11) is 0. The third kappa shape index (κ3) is 2.86. The van der Waals surface area contributed by atoms with E-state index in [0.717, 1.165) is 0 Å². The Morgan fingerprint density at radius 3 is 2.78 bits per heavy atom. The molecule has 1 aromatic rings. The number of fused-ring (bicyclic) bond motifs is 1. The topological polar surface area (TPSA) is 87.2 Å². The van der Waals surface area contributed by atoms with Crippen molar-refractivity contribution in [1.29, 1.82) is 0 Å². The van der Waals surface area contributed by atoms with Gasteiger partial charge in [-0.1, -0.05) is 12.1 Å². The lowest BCUT2D eigenvalue weighted by Crippen LogP contribution is -2.49. The molecule has 0 saturated carbocycles. The van der Waals surface area contributed by atoms with E-state index in [1.54, 1.807) is 31.2 Å². The molecule has 7 nitrogen and oxygen atoms in total. The number of hydrogen-bond donors (Lipinski definition) is 1. The summed E-state index contributed by atoms with van der Waals surface area (Å²) < 4.78 is 5.54. The minimum Gasteiger partial charge on any atom is -0.481 e. The van der Waals surface area contributed by atoms with Crippen LogP contribution in [0.2, 0.25) is 0 Å². The average Bonchev–Trinajstić information content (AvgIpc) is 3.02. The normalized spacial score (nSPS) is 23.4. The number of carbonyl (C=O) groups is 3. The lowest BCUT2D eigenvalue weighted by Gasteiger charge is -2.33. The first-order chi connectivity index (χ1) is 11.0. The maximum atomic E-state index is 12.4. The van der Waals surface area contributed by atoms with Crippen molar-refractivity contribution in [2.24, 2.45) is 5.92 Å². The number of nitrogens with zero attached hydrogens (tertiary/aromatic N) is 2. The van der Waals surface area contributed by atoms with Crippen molar-refractivity contribution in [3.05, 3.63) is 24.3 Å². The standard InChI is InChI=1S/C16H18N2O5/c1-10-15(20)18(12-4-2-3-5-13(12)23-10)9-14(19)17-7-6-11(8-17)16(21)22/h2-5,10-11H,6-9H2,1H3,(H,21,22)/t10-,11+/m1/s1. The SMILES string of the molecule is C[C@H]1Oc2ccccc2N(CC(=O)N2CC[C@H](C(=O)O)C2)C1=O. The van der Waals surface area contributed by atoms with Crippen LogP contribution in [0.5, 0.6) is 5.75 Å². The van der Waals surface area contributed by atoms with Gasteiger partial charge in [0, 0.05) is 13.1 Å². The summed E-state index contributed by atoms with van der Waals surface area (Å²) >= 11 is 0. The Hall–Kier alpha value is -2.57. The highest BCUT2D eigenvalue weighted by Crippen LogP contribution is 2.33. The highest BCUT2D eigenvalue weighted by molar-refractivity contribution is 6.03. The van der Waals surface area contributed by atoms with Crippen molar-refractivity contribution < 1.29 is 24.2 Å². The average molecular weight is 318 g/mol. The molecule has 1 aromatic carbocycles. The molecule has 3 rings (SSSR count). The van der Waals surface area contributed by atoms with Gasteiger partial charge in [0.1, 0.15) is 12.3 Å². The van der Waals surface area contributed by atoms with Gasteiger partial charge in [0.05, 0.1) is 11.6 Å². The van der Waals surface area contributed by atoms with E-state index in [0.29, 0.717) is 24.4 Å². The fraction of sp³-hybridized carbons (Fsp3) is 0.438. The van der Waals surface area contributed by atoms with Gasteiger partial charge in [0.2, 0.25) is 5.91 Å². The predicted octanol–water partition coefficient (Wildman–Crippen LogP) is 0.734. The molecule has 23 heavy (non-hydrogen) atoms. The van der Waals surface area contributed by atoms with Crippen molar-refractivity contribution >= 4 is 23.5 Å². The zero-order valence-corrected chi connectivity index (χ0v) is 12.8. The number of carboxylic acid groups (broad SMARTS) is 1. The van der Waals surface area contributed by atoms with Crippen molar-refractivity contribution in [3.63, 3.8) is 0 Å². The van der Waals surface area contributed by atoms with Crippen LogP contribution in [-0.2, 0) is 14.4 Å². The van der Waals surface area contributed by atoms with Gasteiger partial charge < -0.3 is 14.7 Å². The Bertz CT molecular complexity index is 660. The van der Waals surface area contributed by atoms with Crippen LogP contribution in [0.1, 0.15) is 13.3 Å². The fourth-order valence-electron chi connectivity index (χ4n) is 2.95. The van der Waals surface area contributed by atoms with E-state index >= 15 is 0 Å². The monoisotopic (exact) mass is 318 g/mol. The van der Waals surface area contributed by atoms with Gasteiger partial charge in [-0.3, -0.25) is 19.3 Å². The van der Waals surface area contributed by atoms with E-state index in [4.69, 9.17) is 9.84 Å². The molecule has 7 heteroatoms. The zero-order valence-electron chi connectivity index (χ0n) is 12.8. The second kappa shape index (κ2) is 5.91. The van der Waals surface area contributed by atoms with Gasteiger partial charge in [-0.15, -0.1) is 0 Å². The van der Waals surface area contributed by atoms with Crippen LogP contribution < -0.4 is 9.64 Å². The molecule has 2 aliphatic heterocycles. The maximum absolute atomic E-state index is 12.4. The van der Waals surface area contributed by atoms with Crippen LogP contribution in [0.3, 0.4) is 0 Å². The van der Waals surface area contributed by atoms with Crippen LogP contribution in [0.15, 0.2) is 24.3 Å². The van der Waals surface area contributed by atoms with Gasteiger partial charge in [-0.2, -0.15) is 0 Å². The Labute approximate surface area is 133 Å². The number of likely N-dealkylation sites (tertiary alicyclic amines) is 1. The molecule has 2 amide bonds. The summed E-state index contributed by atoms with van der Waals surface area (Å²) in [4.78, 5) is 38.7. The van der Waals surface area contributed by atoms with E-state index in [1.165, 1.54) is 9.80 Å². The summed E-state index contributed by atoms with van der Waals surface area (Å²) in [6.45, 7) is 2.15. The van der Waals surface area contributed by atoms with Gasteiger partial charge >= 0.3 is 5.97 Å². The minimum atomic E-state index is -0.887. The second-order valence-corrected chi connectivity index (χ2v) is 5.82. The number of carboxylic acids is 1. The smallest absolute Gasteiger partial charge is 0.308 e. The van der Waals surface area contributed by atoms with Crippen molar-refractivity contribution in [3.8, 4) is 5.75 Å². The van der Waals surface area contributed by atoms with Crippen LogP contribution in [-0.4, -0.2) is 53.5 Å². The first-order valence-corrected chi connectivity index (χ1v) is 7.55. The molecule has 0 aromatic heterocycles. The summed E-state index contributed by atoms with van der Waals surface area (Å²) in [5.74, 6) is -1.36. The number of para-hydroxylation sites is 2. The van der Waals surface area contributed by atoms with Crippen molar-refractivity contribution in [2.75, 3.05) is 24.5 Å². The van der Waals surface area contributed by atoms with Crippen LogP contribution in [0.25, 0.3) is 0 Å². The quantitative estimate of drug-likeness (QED) is 0.888. The molecule has 1 saturated heterocycles. The molecule has 122 valence electrons. The number of anilines is 1. The molecule has 2 heterocycles. The molecule has 0 aliphatic carbocycles. The lowest BCUT2D eigenvalue weighted by atomic mass is 10.1. The van der Waals surface area contributed by atoms with E-state index in [2.05, 4.69) is 0 Å². The summed E-state index contributed by atoms with van der Waals surface area (Å²) in [5, 5.41) is 9.02. The molecule has 2 aliphatic rings. The number of carbonyl (C=O) groups excluding carboxylic acids is 2. The fourth-order valence-corrected chi connectivity index (χ4v) is 2.95. The number of benzene rings is 1. The Morgan fingerprint density at radius 2 is 2.09 bits per heavy atom. The number of rotatable bonds is 3. The van der Waals surface area contributed by atoms with Gasteiger partial charge in [-0.25, -0.2) is 0 Å². The molecule has 0 unspecified atom stereocenters. The summed E-state index contributed by atoms with van der Waals surface area (Å²) in [6.07, 6.45) is -0.200. The summed E-state index contributed by atoms with van der Waals surface area (Å²) in [5.41, 5.74) is 0.568. The van der Waals surface area contributed by atoms with Gasteiger partial charge in [0.25, 0.3) is 5.91 Å². The predicted molar refractivity (Wildman–Crippen MR) is 81.2 cm³/mol. The van der Waals surface area contributed by atoms with E-state index in [9.17, 15) is 14.4 Å². The minimum absolute atomic E-state index is 0.101. The van der Waals surface area contributed by atoms with Gasteiger partial charge in [-0.05, 0) is 25.5 Å². The maximum Gasteiger partial charge on any atom is 0.308 e. The summed E-state index contributed by atoms with van der Waals surface area (Å²) in [6, 6.07) is 7.07. The largest absolute Gasteiger partial charge is 0.481 e. The molecule has 0 radical (unpaired) electrons. The number of hydrogen-bond acceptors (Lipinski definition) is 4. The lowest BCUT2D eigenvalue weighted by molar-refractivity contribution is -0.141. The molecular formula is C16H18N2O5. The Balaban J connectivity index is 1.75. The number of aliphatic carboxylic acids is 1. The van der Waals surface area contributed by atoms with Crippen LogP contribution in [0, 0.1) is 5.92 Å². The molecule has 0 bridgehead atoms. The number of amides is 2. The second-order valence-electron chi connectivity index (χ2n) is 5.82.